The quantitative estimate of drug-likeness (QED) is 0.592. The molecule has 0 aliphatic rings. The van der Waals surface area contributed by atoms with Gasteiger partial charge in [0.1, 0.15) is 5.76 Å². The minimum Gasteiger partial charge on any atom is -0.465 e. The Labute approximate surface area is 63.0 Å². The van der Waals surface area contributed by atoms with Crippen LogP contribution in [0.3, 0.4) is 0 Å². The first-order valence-corrected chi connectivity index (χ1v) is 5.88. The molecule has 0 unspecified atom stereocenters. The van der Waals surface area contributed by atoms with Crippen LogP contribution in [0, 0.1) is 0 Å². The lowest BCUT2D eigenvalue weighted by atomic mass is 10.4. The Morgan fingerprint density at radius 3 is 2.80 bits per heavy atom. The van der Waals surface area contributed by atoms with Crippen molar-refractivity contribution in [2.45, 2.75) is 13.1 Å². The summed E-state index contributed by atoms with van der Waals surface area (Å²) in [5, 5.41) is 0. The molecular weight excluding hydrogens is 140 g/mol. The standard InChI is InChI=1S/C8H11OSi/c1-10(2)7-5-8-4-3-6-9-8/h3-7H,1-2H3. The van der Waals surface area contributed by atoms with Crippen molar-refractivity contribution in [3.8, 4) is 0 Å². The van der Waals surface area contributed by atoms with E-state index in [1.165, 1.54) is 0 Å². The van der Waals surface area contributed by atoms with Gasteiger partial charge in [-0.15, -0.1) is 0 Å². The Morgan fingerprint density at radius 2 is 2.30 bits per heavy atom. The average molecular weight is 151 g/mol. The first-order valence-electron chi connectivity index (χ1n) is 3.31. The molecular formula is C8H11OSi. The molecule has 2 heteroatoms. The van der Waals surface area contributed by atoms with Gasteiger partial charge in [-0.25, -0.2) is 0 Å². The van der Waals surface area contributed by atoms with Crippen molar-refractivity contribution in [2.75, 3.05) is 0 Å². The Bertz CT molecular complexity index is 199. The van der Waals surface area contributed by atoms with Crippen molar-refractivity contribution in [1.82, 2.24) is 0 Å². The third kappa shape index (κ3) is 2.23. The van der Waals surface area contributed by atoms with Gasteiger partial charge in [-0.3, -0.25) is 0 Å². The van der Waals surface area contributed by atoms with E-state index in [0.717, 1.165) is 5.76 Å². The molecule has 1 aromatic heterocycles. The van der Waals surface area contributed by atoms with Crippen molar-refractivity contribution < 1.29 is 4.42 Å². The SMILES string of the molecule is C[Si](C)C=Cc1ccco1. The van der Waals surface area contributed by atoms with Gasteiger partial charge in [0.05, 0.1) is 15.1 Å². The van der Waals surface area contributed by atoms with Crippen LogP contribution in [0.15, 0.2) is 28.5 Å². The molecule has 0 aliphatic carbocycles. The fraction of sp³-hybridized carbons (Fsp3) is 0.250. The molecule has 1 aromatic rings. The molecule has 10 heavy (non-hydrogen) atoms. The number of furan rings is 1. The number of hydrogen-bond donors (Lipinski definition) is 0. The molecule has 0 aliphatic heterocycles. The Kier molecular flexibility index (Phi) is 2.51. The summed E-state index contributed by atoms with van der Waals surface area (Å²) in [5.41, 5.74) is 2.21. The summed E-state index contributed by atoms with van der Waals surface area (Å²) in [5.74, 6) is 0.950. The summed E-state index contributed by atoms with van der Waals surface area (Å²) in [4.78, 5) is 0. The van der Waals surface area contributed by atoms with Crippen LogP contribution in [0.5, 0.6) is 0 Å². The molecule has 0 amide bonds. The van der Waals surface area contributed by atoms with Gasteiger partial charge in [0, 0.05) is 0 Å². The molecule has 0 spiro atoms. The largest absolute Gasteiger partial charge is 0.465 e. The third-order valence-electron chi connectivity index (χ3n) is 1.12. The van der Waals surface area contributed by atoms with Crippen LogP contribution in [0.25, 0.3) is 6.08 Å². The predicted molar refractivity (Wildman–Crippen MR) is 45.2 cm³/mol. The van der Waals surface area contributed by atoms with Crippen molar-refractivity contribution in [3.63, 3.8) is 0 Å². The lowest BCUT2D eigenvalue weighted by molar-refractivity contribution is 0.557. The van der Waals surface area contributed by atoms with E-state index in [-0.39, 0.29) is 8.80 Å². The van der Waals surface area contributed by atoms with Crippen molar-refractivity contribution in [2.24, 2.45) is 0 Å². The van der Waals surface area contributed by atoms with Crippen LogP contribution in [-0.2, 0) is 0 Å². The summed E-state index contributed by atoms with van der Waals surface area (Å²) in [6, 6.07) is 3.86. The average Bonchev–Trinajstić information content (AvgIpc) is 2.34. The summed E-state index contributed by atoms with van der Waals surface area (Å²) >= 11 is 0. The van der Waals surface area contributed by atoms with Crippen LogP contribution in [-0.4, -0.2) is 8.80 Å². The Balaban J connectivity index is 2.55. The second-order valence-electron chi connectivity index (χ2n) is 2.43. The number of hydrogen-bond acceptors (Lipinski definition) is 1. The molecule has 1 heterocycles. The second kappa shape index (κ2) is 3.42. The van der Waals surface area contributed by atoms with Gasteiger partial charge in [-0.2, -0.15) is 0 Å². The topological polar surface area (TPSA) is 13.1 Å². The normalized spacial score (nSPS) is 11.5. The Hall–Kier alpha value is -0.763. The molecule has 1 nitrogen and oxygen atoms in total. The van der Waals surface area contributed by atoms with Gasteiger partial charge in [0.25, 0.3) is 0 Å². The van der Waals surface area contributed by atoms with Gasteiger partial charge in [-0.05, 0) is 18.2 Å². The van der Waals surface area contributed by atoms with E-state index < -0.39 is 0 Å². The van der Waals surface area contributed by atoms with Crippen molar-refractivity contribution in [1.29, 1.82) is 0 Å². The molecule has 0 saturated heterocycles. The maximum absolute atomic E-state index is 5.11. The molecule has 1 rings (SSSR count). The summed E-state index contributed by atoms with van der Waals surface area (Å²) in [6.45, 7) is 4.48. The van der Waals surface area contributed by atoms with Crippen LogP contribution >= 0.6 is 0 Å². The van der Waals surface area contributed by atoms with Gasteiger partial charge < -0.3 is 4.42 Å². The van der Waals surface area contributed by atoms with Gasteiger partial charge in [0.2, 0.25) is 0 Å². The summed E-state index contributed by atoms with van der Waals surface area (Å²) < 4.78 is 5.11. The highest BCUT2D eigenvalue weighted by atomic mass is 28.3. The summed E-state index contributed by atoms with van der Waals surface area (Å²) in [6.07, 6.45) is 3.73. The first kappa shape index (κ1) is 7.35. The molecule has 0 N–H and O–H groups in total. The molecule has 53 valence electrons. The fourth-order valence-electron chi connectivity index (χ4n) is 0.635. The zero-order valence-electron chi connectivity index (χ0n) is 6.29. The first-order chi connectivity index (χ1) is 4.79. The highest BCUT2D eigenvalue weighted by Crippen LogP contribution is 2.02. The highest BCUT2D eigenvalue weighted by Gasteiger charge is 1.89. The van der Waals surface area contributed by atoms with E-state index in [1.54, 1.807) is 6.26 Å². The zero-order valence-corrected chi connectivity index (χ0v) is 7.29. The molecule has 0 atom stereocenters. The van der Waals surface area contributed by atoms with Crippen LogP contribution in [0.4, 0.5) is 0 Å². The molecule has 0 fully saturated rings. The fourth-order valence-corrected chi connectivity index (χ4v) is 1.13. The van der Waals surface area contributed by atoms with Crippen molar-refractivity contribution >= 4 is 14.9 Å². The van der Waals surface area contributed by atoms with Crippen LogP contribution in [0.1, 0.15) is 5.76 Å². The van der Waals surface area contributed by atoms with Crippen LogP contribution in [0.2, 0.25) is 13.1 Å². The predicted octanol–water partition coefficient (Wildman–Crippen LogP) is 2.59. The van der Waals surface area contributed by atoms with Gasteiger partial charge in [0.15, 0.2) is 0 Å². The van der Waals surface area contributed by atoms with E-state index in [2.05, 4.69) is 18.8 Å². The third-order valence-corrected chi connectivity index (χ3v) is 1.96. The van der Waals surface area contributed by atoms with Gasteiger partial charge >= 0.3 is 0 Å². The van der Waals surface area contributed by atoms with Crippen LogP contribution < -0.4 is 0 Å². The monoisotopic (exact) mass is 151 g/mol. The molecule has 0 aromatic carbocycles. The summed E-state index contributed by atoms with van der Waals surface area (Å²) in [7, 11) is -0.251. The van der Waals surface area contributed by atoms with E-state index in [9.17, 15) is 0 Å². The maximum atomic E-state index is 5.11. The molecule has 1 radical (unpaired) electrons. The van der Waals surface area contributed by atoms with Gasteiger partial charge in [-0.1, -0.05) is 18.8 Å². The minimum absolute atomic E-state index is 0.251. The molecule has 0 saturated carbocycles. The maximum Gasteiger partial charge on any atom is 0.125 e. The smallest absolute Gasteiger partial charge is 0.125 e. The van der Waals surface area contributed by atoms with E-state index >= 15 is 0 Å². The zero-order chi connectivity index (χ0) is 7.40. The Morgan fingerprint density at radius 1 is 1.50 bits per heavy atom. The van der Waals surface area contributed by atoms with E-state index in [4.69, 9.17) is 4.42 Å². The lowest BCUT2D eigenvalue weighted by Gasteiger charge is -1.87. The number of rotatable bonds is 2. The van der Waals surface area contributed by atoms with Crippen molar-refractivity contribution in [3.05, 3.63) is 29.9 Å². The minimum atomic E-state index is -0.251. The second-order valence-corrected chi connectivity index (χ2v) is 4.91. The lowest BCUT2D eigenvalue weighted by Crippen LogP contribution is -1.91. The van der Waals surface area contributed by atoms with E-state index in [0.29, 0.717) is 0 Å². The molecule has 0 bridgehead atoms. The highest BCUT2D eigenvalue weighted by molar-refractivity contribution is 6.62. The van der Waals surface area contributed by atoms with E-state index in [1.807, 2.05) is 18.2 Å².